The Hall–Kier alpha value is -3.98. The number of likely N-dealkylation sites (tertiary alicyclic amines) is 1. The molecule has 0 spiro atoms. The van der Waals surface area contributed by atoms with Gasteiger partial charge in [-0.15, -0.1) is 0 Å². The lowest BCUT2D eigenvalue weighted by molar-refractivity contribution is 0.0934. The zero-order chi connectivity index (χ0) is 24.5. The number of carbonyl (C=O) groups excluding carboxylic acids is 1. The number of aromatic nitrogens is 4. The predicted octanol–water partition coefficient (Wildman–Crippen LogP) is 1.84. The van der Waals surface area contributed by atoms with Crippen LogP contribution in [0.3, 0.4) is 0 Å². The molecule has 0 saturated carbocycles. The summed E-state index contributed by atoms with van der Waals surface area (Å²) in [6.45, 7) is 4.31. The zero-order valence-corrected chi connectivity index (χ0v) is 19.8. The highest BCUT2D eigenvalue weighted by molar-refractivity contribution is 5.97. The molecule has 180 valence electrons. The van der Waals surface area contributed by atoms with Crippen LogP contribution in [0.25, 0.3) is 10.9 Å². The van der Waals surface area contributed by atoms with Gasteiger partial charge in [-0.25, -0.2) is 4.79 Å². The normalized spacial score (nSPS) is 18.2. The maximum atomic E-state index is 13.3. The number of aromatic amines is 1. The number of nitrogens with one attached hydrogen (secondary N) is 2. The van der Waals surface area contributed by atoms with Crippen molar-refractivity contribution in [2.75, 3.05) is 13.1 Å². The van der Waals surface area contributed by atoms with E-state index < -0.39 is 5.69 Å². The first-order valence-corrected chi connectivity index (χ1v) is 11.8. The zero-order valence-electron chi connectivity index (χ0n) is 19.8. The Labute approximate surface area is 202 Å². The summed E-state index contributed by atoms with van der Waals surface area (Å²) in [6, 6.07) is 17.0. The molecule has 0 aliphatic carbocycles. The molecule has 5 rings (SSSR count). The lowest BCUT2D eigenvalue weighted by Gasteiger charge is -2.20. The van der Waals surface area contributed by atoms with Gasteiger partial charge in [0.05, 0.1) is 16.9 Å². The molecule has 0 bridgehead atoms. The van der Waals surface area contributed by atoms with E-state index in [0.717, 1.165) is 23.4 Å². The van der Waals surface area contributed by atoms with Gasteiger partial charge in [0.2, 0.25) is 0 Å². The number of H-pyrrole nitrogens is 1. The predicted molar refractivity (Wildman–Crippen MR) is 133 cm³/mol. The molecule has 2 aromatic carbocycles. The van der Waals surface area contributed by atoms with Gasteiger partial charge in [0.15, 0.2) is 0 Å². The standard InChI is InChI=1S/C26H28N6O3/c1-3-32-25(34)19-10-9-18(13-21(19)29-26(32)35)24(33)28-22-16-31(14-17-7-5-4-6-8-17)15-20(22)23-11-12-27-30(23)2/h4-13,20,22H,3,14-16H2,1-2H3,(H,28,33)(H,29,35)/t20-,22-/m1/s1. The molecule has 2 N–H and O–H groups in total. The highest BCUT2D eigenvalue weighted by Crippen LogP contribution is 2.29. The summed E-state index contributed by atoms with van der Waals surface area (Å²) >= 11 is 0. The highest BCUT2D eigenvalue weighted by Gasteiger charge is 2.36. The third-order valence-corrected chi connectivity index (χ3v) is 6.76. The van der Waals surface area contributed by atoms with Crippen molar-refractivity contribution >= 4 is 16.8 Å². The monoisotopic (exact) mass is 472 g/mol. The maximum Gasteiger partial charge on any atom is 0.328 e. The van der Waals surface area contributed by atoms with Crippen LogP contribution in [0.1, 0.15) is 34.5 Å². The number of fused-ring (bicyclic) bond motifs is 1. The van der Waals surface area contributed by atoms with E-state index >= 15 is 0 Å². The van der Waals surface area contributed by atoms with E-state index in [1.54, 1.807) is 31.3 Å². The summed E-state index contributed by atoms with van der Waals surface area (Å²) in [6.07, 6.45) is 1.77. The van der Waals surface area contributed by atoms with Crippen molar-refractivity contribution in [3.63, 3.8) is 0 Å². The quantitative estimate of drug-likeness (QED) is 0.446. The number of hydrogen-bond donors (Lipinski definition) is 2. The van der Waals surface area contributed by atoms with E-state index in [9.17, 15) is 14.4 Å². The molecule has 1 saturated heterocycles. The number of benzene rings is 2. The molecule has 0 unspecified atom stereocenters. The Morgan fingerprint density at radius 3 is 2.63 bits per heavy atom. The first-order valence-electron chi connectivity index (χ1n) is 11.8. The first-order chi connectivity index (χ1) is 16.9. The van der Waals surface area contributed by atoms with Gasteiger partial charge in [0.25, 0.3) is 11.5 Å². The summed E-state index contributed by atoms with van der Waals surface area (Å²) in [5.74, 6) is -0.168. The number of amides is 1. The maximum absolute atomic E-state index is 13.3. The summed E-state index contributed by atoms with van der Waals surface area (Å²) < 4.78 is 3.00. The molecule has 9 nitrogen and oxygen atoms in total. The Morgan fingerprint density at radius 1 is 1.11 bits per heavy atom. The Balaban J connectivity index is 1.41. The summed E-state index contributed by atoms with van der Waals surface area (Å²) in [7, 11) is 1.91. The SMILES string of the molecule is CCn1c(=O)[nH]c2cc(C(=O)N[C@@H]3CN(Cc4ccccc4)C[C@H]3c3ccnn3C)ccc2c1=O. The second-order valence-corrected chi connectivity index (χ2v) is 8.99. The Bertz CT molecular complexity index is 1490. The number of hydrogen-bond acceptors (Lipinski definition) is 5. The number of aryl methyl sites for hydroxylation is 1. The molecule has 1 aliphatic heterocycles. The van der Waals surface area contributed by atoms with Crippen LogP contribution in [-0.4, -0.2) is 49.3 Å². The molecule has 4 aromatic rings. The fourth-order valence-corrected chi connectivity index (χ4v) is 4.98. The van der Waals surface area contributed by atoms with E-state index in [4.69, 9.17) is 0 Å². The largest absolute Gasteiger partial charge is 0.347 e. The van der Waals surface area contributed by atoms with Crippen molar-refractivity contribution in [1.82, 2.24) is 29.5 Å². The minimum Gasteiger partial charge on any atom is -0.347 e. The minimum absolute atomic E-state index is 0.0761. The van der Waals surface area contributed by atoms with Gasteiger partial charge < -0.3 is 10.3 Å². The molecule has 1 amide bonds. The average Bonchev–Trinajstić information content (AvgIpc) is 3.44. The average molecular weight is 473 g/mol. The lowest BCUT2D eigenvalue weighted by atomic mass is 9.99. The number of carbonyl (C=O) groups is 1. The second-order valence-electron chi connectivity index (χ2n) is 8.99. The fourth-order valence-electron chi connectivity index (χ4n) is 4.98. The molecule has 2 aromatic heterocycles. The van der Waals surface area contributed by atoms with Crippen molar-refractivity contribution < 1.29 is 4.79 Å². The molecular formula is C26H28N6O3. The van der Waals surface area contributed by atoms with Crippen LogP contribution in [0.15, 0.2) is 70.4 Å². The molecule has 1 fully saturated rings. The van der Waals surface area contributed by atoms with Crippen LogP contribution in [0.5, 0.6) is 0 Å². The van der Waals surface area contributed by atoms with Gasteiger partial charge in [-0.05, 0) is 36.8 Å². The molecular weight excluding hydrogens is 444 g/mol. The van der Waals surface area contributed by atoms with Crippen molar-refractivity contribution in [1.29, 1.82) is 0 Å². The van der Waals surface area contributed by atoms with Gasteiger partial charge in [0, 0.05) is 56.6 Å². The summed E-state index contributed by atoms with van der Waals surface area (Å²) in [5.41, 5.74) is 2.20. The fraction of sp³-hybridized carbons (Fsp3) is 0.308. The van der Waals surface area contributed by atoms with Gasteiger partial charge in [-0.3, -0.25) is 23.7 Å². The van der Waals surface area contributed by atoms with Gasteiger partial charge in [-0.2, -0.15) is 5.10 Å². The highest BCUT2D eigenvalue weighted by atomic mass is 16.2. The molecule has 9 heteroatoms. The second kappa shape index (κ2) is 9.34. The van der Waals surface area contributed by atoms with E-state index in [2.05, 4.69) is 32.4 Å². The third kappa shape index (κ3) is 4.42. The van der Waals surface area contributed by atoms with Crippen LogP contribution in [0.4, 0.5) is 0 Å². The molecule has 3 heterocycles. The van der Waals surface area contributed by atoms with Gasteiger partial charge >= 0.3 is 5.69 Å². The smallest absolute Gasteiger partial charge is 0.328 e. The van der Waals surface area contributed by atoms with Crippen LogP contribution in [-0.2, 0) is 20.1 Å². The molecule has 1 aliphatic rings. The molecule has 2 atom stereocenters. The topological polar surface area (TPSA) is 105 Å². The number of nitrogens with zero attached hydrogens (tertiary/aromatic N) is 4. The Kier molecular flexibility index (Phi) is 6.08. The van der Waals surface area contributed by atoms with Crippen molar-refractivity contribution in [2.24, 2.45) is 7.05 Å². The van der Waals surface area contributed by atoms with E-state index in [1.165, 1.54) is 5.56 Å². The van der Waals surface area contributed by atoms with Crippen LogP contribution < -0.4 is 16.6 Å². The van der Waals surface area contributed by atoms with Crippen molar-refractivity contribution in [2.45, 2.75) is 32.0 Å². The lowest BCUT2D eigenvalue weighted by Crippen LogP contribution is -2.40. The van der Waals surface area contributed by atoms with Crippen LogP contribution in [0, 0.1) is 0 Å². The molecule has 35 heavy (non-hydrogen) atoms. The van der Waals surface area contributed by atoms with Gasteiger partial charge in [0.1, 0.15) is 0 Å². The van der Waals surface area contributed by atoms with Gasteiger partial charge in [-0.1, -0.05) is 30.3 Å². The van der Waals surface area contributed by atoms with E-state index in [0.29, 0.717) is 23.0 Å². The van der Waals surface area contributed by atoms with Crippen LogP contribution in [0.2, 0.25) is 0 Å². The summed E-state index contributed by atoms with van der Waals surface area (Å²) in [5, 5.41) is 7.90. The van der Waals surface area contributed by atoms with Crippen molar-refractivity contribution in [3.8, 4) is 0 Å². The number of rotatable bonds is 6. The van der Waals surface area contributed by atoms with E-state index in [1.807, 2.05) is 36.0 Å². The molecule has 0 radical (unpaired) electrons. The summed E-state index contributed by atoms with van der Waals surface area (Å²) in [4.78, 5) is 43.1. The van der Waals surface area contributed by atoms with Crippen LogP contribution >= 0.6 is 0 Å². The minimum atomic E-state index is -0.480. The van der Waals surface area contributed by atoms with Crippen molar-refractivity contribution in [3.05, 3.63) is 98.5 Å². The van der Waals surface area contributed by atoms with E-state index in [-0.39, 0.29) is 30.0 Å². The Morgan fingerprint density at radius 2 is 1.91 bits per heavy atom. The third-order valence-electron chi connectivity index (χ3n) is 6.76. The first kappa shape index (κ1) is 22.8.